The number of alkyl halides is 3. The van der Waals surface area contributed by atoms with Gasteiger partial charge in [0, 0.05) is 38.6 Å². The van der Waals surface area contributed by atoms with Crippen molar-refractivity contribution < 1.29 is 22.7 Å². The first-order valence-corrected chi connectivity index (χ1v) is 8.26. The van der Waals surface area contributed by atoms with Crippen LogP contribution in [-0.2, 0) is 11.3 Å². The van der Waals surface area contributed by atoms with E-state index in [1.54, 1.807) is 12.1 Å². The lowest BCUT2D eigenvalue weighted by atomic mass is 10.2. The highest BCUT2D eigenvalue weighted by Crippen LogP contribution is 2.31. The van der Waals surface area contributed by atoms with Crippen molar-refractivity contribution in [2.45, 2.75) is 32.2 Å². The number of halogens is 3. The van der Waals surface area contributed by atoms with Crippen molar-refractivity contribution in [2.24, 2.45) is 5.92 Å². The molecule has 3 rings (SSSR count). The Hall–Kier alpha value is -1.76. The Labute approximate surface area is 139 Å². The third kappa shape index (κ3) is 4.87. The standard InChI is InChI=1S/C17H21F3N2O2/c18-17(19,20)24-15-6-2-13(3-7-15)12-21-8-1-9-22(11-10-21)16(23)14-4-5-14/h2-3,6-7,14H,1,4-5,8-12H2. The summed E-state index contributed by atoms with van der Waals surface area (Å²) in [6.07, 6.45) is -1.70. The Morgan fingerprint density at radius 3 is 2.42 bits per heavy atom. The van der Waals surface area contributed by atoms with Crippen molar-refractivity contribution in [3.8, 4) is 5.75 Å². The lowest BCUT2D eigenvalue weighted by molar-refractivity contribution is -0.274. The van der Waals surface area contributed by atoms with Crippen molar-refractivity contribution in [3.63, 3.8) is 0 Å². The maximum Gasteiger partial charge on any atom is 0.573 e. The fraction of sp³-hybridized carbons (Fsp3) is 0.588. The van der Waals surface area contributed by atoms with Crippen LogP contribution in [0.5, 0.6) is 5.75 Å². The SMILES string of the molecule is O=C(C1CC1)N1CCCN(Cc2ccc(OC(F)(F)F)cc2)CC1. The highest BCUT2D eigenvalue weighted by molar-refractivity contribution is 5.81. The predicted octanol–water partition coefficient (Wildman–Crippen LogP) is 3.03. The Morgan fingerprint density at radius 2 is 1.79 bits per heavy atom. The lowest BCUT2D eigenvalue weighted by Crippen LogP contribution is -2.35. The molecule has 1 aromatic rings. The van der Waals surface area contributed by atoms with E-state index >= 15 is 0 Å². The highest BCUT2D eigenvalue weighted by atomic mass is 19.4. The average molecular weight is 342 g/mol. The van der Waals surface area contributed by atoms with Crippen LogP contribution in [0.3, 0.4) is 0 Å². The monoisotopic (exact) mass is 342 g/mol. The summed E-state index contributed by atoms with van der Waals surface area (Å²) in [5.74, 6) is 0.326. The average Bonchev–Trinajstić information content (AvgIpc) is 3.34. The molecule has 0 radical (unpaired) electrons. The third-order valence-electron chi connectivity index (χ3n) is 4.39. The molecule has 7 heteroatoms. The molecule has 0 atom stereocenters. The molecule has 1 aromatic carbocycles. The topological polar surface area (TPSA) is 32.8 Å². The second kappa shape index (κ2) is 7.01. The minimum Gasteiger partial charge on any atom is -0.406 e. The van der Waals surface area contributed by atoms with Gasteiger partial charge in [0.2, 0.25) is 5.91 Å². The summed E-state index contributed by atoms with van der Waals surface area (Å²) in [5, 5.41) is 0. The van der Waals surface area contributed by atoms with Gasteiger partial charge in [-0.2, -0.15) is 0 Å². The number of carbonyl (C=O) groups excluding carboxylic acids is 1. The Bertz CT molecular complexity index is 570. The normalized spacial score (nSPS) is 19.9. The zero-order valence-corrected chi connectivity index (χ0v) is 13.4. The summed E-state index contributed by atoms with van der Waals surface area (Å²) in [4.78, 5) is 16.3. The smallest absolute Gasteiger partial charge is 0.406 e. The lowest BCUT2D eigenvalue weighted by Gasteiger charge is -2.22. The van der Waals surface area contributed by atoms with Crippen molar-refractivity contribution in [3.05, 3.63) is 29.8 Å². The summed E-state index contributed by atoms with van der Waals surface area (Å²) >= 11 is 0. The minimum atomic E-state index is -4.66. The Balaban J connectivity index is 1.51. The van der Waals surface area contributed by atoms with Gasteiger partial charge in [-0.15, -0.1) is 13.2 Å². The van der Waals surface area contributed by atoms with Gasteiger partial charge in [0.15, 0.2) is 0 Å². The number of ether oxygens (including phenoxy) is 1. The molecular formula is C17H21F3N2O2. The van der Waals surface area contributed by atoms with Gasteiger partial charge in [0.05, 0.1) is 0 Å². The van der Waals surface area contributed by atoms with E-state index < -0.39 is 6.36 Å². The number of amides is 1. The largest absolute Gasteiger partial charge is 0.573 e. The van der Waals surface area contributed by atoms with Crippen molar-refractivity contribution in [2.75, 3.05) is 26.2 Å². The van der Waals surface area contributed by atoms with E-state index in [4.69, 9.17) is 0 Å². The number of hydrogen-bond donors (Lipinski definition) is 0. The van der Waals surface area contributed by atoms with E-state index in [1.807, 2.05) is 4.90 Å². The minimum absolute atomic E-state index is 0.205. The summed E-state index contributed by atoms with van der Waals surface area (Å²) < 4.78 is 40.4. The summed E-state index contributed by atoms with van der Waals surface area (Å²) in [6, 6.07) is 5.98. The van der Waals surface area contributed by atoms with Crippen LogP contribution in [0, 0.1) is 5.92 Å². The molecule has 1 saturated heterocycles. The molecule has 1 aliphatic heterocycles. The fourth-order valence-corrected chi connectivity index (χ4v) is 2.99. The van der Waals surface area contributed by atoms with Crippen molar-refractivity contribution in [1.29, 1.82) is 0 Å². The van der Waals surface area contributed by atoms with Crippen molar-refractivity contribution in [1.82, 2.24) is 9.80 Å². The molecular weight excluding hydrogens is 321 g/mol. The molecule has 1 amide bonds. The van der Waals surface area contributed by atoms with Gasteiger partial charge >= 0.3 is 6.36 Å². The zero-order valence-electron chi connectivity index (χ0n) is 13.4. The summed E-state index contributed by atoms with van der Waals surface area (Å²) in [6.45, 7) is 3.86. The van der Waals surface area contributed by atoms with Crippen LogP contribution in [0.2, 0.25) is 0 Å². The Kier molecular flexibility index (Phi) is 4.99. The van der Waals surface area contributed by atoms with E-state index in [0.29, 0.717) is 6.54 Å². The van der Waals surface area contributed by atoms with Crippen LogP contribution in [0.15, 0.2) is 24.3 Å². The van der Waals surface area contributed by atoms with Crippen LogP contribution in [0.25, 0.3) is 0 Å². The molecule has 0 unspecified atom stereocenters. The van der Waals surface area contributed by atoms with Crippen LogP contribution in [0.4, 0.5) is 13.2 Å². The number of carbonyl (C=O) groups is 1. The van der Waals surface area contributed by atoms with E-state index in [-0.39, 0.29) is 17.6 Å². The second-order valence-electron chi connectivity index (χ2n) is 6.42. The quantitative estimate of drug-likeness (QED) is 0.843. The van der Waals surface area contributed by atoms with Gasteiger partial charge in [-0.3, -0.25) is 9.69 Å². The molecule has 1 saturated carbocycles. The fourth-order valence-electron chi connectivity index (χ4n) is 2.99. The van der Waals surface area contributed by atoms with E-state index in [1.165, 1.54) is 12.1 Å². The molecule has 1 aliphatic carbocycles. The first-order chi connectivity index (χ1) is 11.4. The van der Waals surface area contributed by atoms with Gasteiger partial charge in [0.25, 0.3) is 0 Å². The predicted molar refractivity (Wildman–Crippen MR) is 82.3 cm³/mol. The summed E-state index contributed by atoms with van der Waals surface area (Å²) in [7, 11) is 0. The van der Waals surface area contributed by atoms with Gasteiger partial charge in [0.1, 0.15) is 5.75 Å². The first kappa shape index (κ1) is 17.1. The zero-order chi connectivity index (χ0) is 17.2. The van der Waals surface area contributed by atoms with Crippen LogP contribution in [0.1, 0.15) is 24.8 Å². The summed E-state index contributed by atoms with van der Waals surface area (Å²) in [5.41, 5.74) is 0.937. The van der Waals surface area contributed by atoms with Crippen molar-refractivity contribution >= 4 is 5.91 Å². The van der Waals surface area contributed by atoms with E-state index in [9.17, 15) is 18.0 Å². The molecule has 24 heavy (non-hydrogen) atoms. The maximum atomic E-state index is 12.2. The number of nitrogens with zero attached hydrogens (tertiary/aromatic N) is 2. The second-order valence-corrected chi connectivity index (χ2v) is 6.42. The van der Waals surface area contributed by atoms with Gasteiger partial charge in [-0.1, -0.05) is 12.1 Å². The van der Waals surface area contributed by atoms with Crippen LogP contribution < -0.4 is 4.74 Å². The molecule has 0 aromatic heterocycles. The number of hydrogen-bond acceptors (Lipinski definition) is 3. The van der Waals surface area contributed by atoms with Crippen LogP contribution in [-0.4, -0.2) is 48.2 Å². The molecule has 0 bridgehead atoms. The van der Waals surface area contributed by atoms with Gasteiger partial charge < -0.3 is 9.64 Å². The van der Waals surface area contributed by atoms with Crippen LogP contribution >= 0.6 is 0 Å². The third-order valence-corrected chi connectivity index (χ3v) is 4.39. The molecule has 2 aliphatic rings. The number of benzene rings is 1. The van der Waals surface area contributed by atoms with Gasteiger partial charge in [-0.25, -0.2) is 0 Å². The van der Waals surface area contributed by atoms with E-state index in [0.717, 1.165) is 51.0 Å². The van der Waals surface area contributed by atoms with Gasteiger partial charge in [-0.05, 0) is 37.0 Å². The number of rotatable bonds is 4. The Morgan fingerprint density at radius 1 is 1.08 bits per heavy atom. The molecule has 1 heterocycles. The first-order valence-electron chi connectivity index (χ1n) is 8.26. The highest BCUT2D eigenvalue weighted by Gasteiger charge is 2.34. The molecule has 4 nitrogen and oxygen atoms in total. The molecule has 2 fully saturated rings. The maximum absolute atomic E-state index is 12.2. The molecule has 132 valence electrons. The molecule has 0 spiro atoms. The van der Waals surface area contributed by atoms with E-state index in [2.05, 4.69) is 9.64 Å². The molecule has 0 N–H and O–H groups in total.